The summed E-state index contributed by atoms with van der Waals surface area (Å²) in [7, 11) is 2.95. The highest BCUT2D eigenvalue weighted by molar-refractivity contribution is 8.13. The molecule has 3 rings (SSSR count). The molecule has 0 fully saturated rings. The third kappa shape index (κ3) is 2.04. The number of aromatic nitrogens is 4. The number of pyridine rings is 1. The highest BCUT2D eigenvalue weighted by atomic mass is 35.7. The first kappa shape index (κ1) is 13.0. The molecule has 0 amide bonds. The normalized spacial score (nSPS) is 11.9. The summed E-state index contributed by atoms with van der Waals surface area (Å²) in [4.78, 5) is 4.25. The van der Waals surface area contributed by atoms with Gasteiger partial charge >= 0.3 is 0 Å². The average Bonchev–Trinajstić information content (AvgIpc) is 2.80. The SMILES string of the molecule is Cn1c(-c2cccc3ncccc23)nnc1S(=O)(=O)Cl. The first-order valence-electron chi connectivity index (χ1n) is 5.66. The lowest BCUT2D eigenvalue weighted by atomic mass is 10.1. The molecule has 6 nitrogen and oxygen atoms in total. The maximum absolute atomic E-state index is 11.4. The molecule has 8 heteroatoms. The Morgan fingerprint density at radius 2 is 1.95 bits per heavy atom. The first-order valence-corrected chi connectivity index (χ1v) is 7.97. The Hall–Kier alpha value is -1.99. The maximum Gasteiger partial charge on any atom is 0.296 e. The Morgan fingerprint density at radius 1 is 1.15 bits per heavy atom. The molecule has 0 aliphatic heterocycles. The van der Waals surface area contributed by atoms with Gasteiger partial charge in [0.05, 0.1) is 5.52 Å². The van der Waals surface area contributed by atoms with Crippen LogP contribution in [0.1, 0.15) is 0 Å². The maximum atomic E-state index is 11.4. The highest BCUT2D eigenvalue weighted by Gasteiger charge is 2.21. The number of fused-ring (bicyclic) bond motifs is 1. The van der Waals surface area contributed by atoms with Gasteiger partial charge in [0, 0.05) is 34.9 Å². The summed E-state index contributed by atoms with van der Waals surface area (Å²) < 4.78 is 24.1. The second-order valence-corrected chi connectivity index (χ2v) is 6.64. The lowest BCUT2D eigenvalue weighted by Gasteiger charge is -2.05. The van der Waals surface area contributed by atoms with Crippen LogP contribution in [0.25, 0.3) is 22.3 Å². The van der Waals surface area contributed by atoms with Crippen LogP contribution in [-0.2, 0) is 16.1 Å². The minimum absolute atomic E-state index is 0.282. The molecule has 0 aliphatic rings. The second-order valence-electron chi connectivity index (χ2n) is 4.18. The van der Waals surface area contributed by atoms with Crippen molar-refractivity contribution in [1.82, 2.24) is 19.7 Å². The summed E-state index contributed by atoms with van der Waals surface area (Å²) in [5.74, 6) is 0.419. The molecule has 102 valence electrons. The predicted molar refractivity (Wildman–Crippen MR) is 74.8 cm³/mol. The van der Waals surface area contributed by atoms with E-state index < -0.39 is 9.05 Å². The molecule has 1 aromatic carbocycles. The van der Waals surface area contributed by atoms with Crippen LogP contribution in [0.2, 0.25) is 0 Å². The molecular formula is C12H9ClN4O2S. The number of hydrogen-bond donors (Lipinski definition) is 0. The van der Waals surface area contributed by atoms with E-state index in [9.17, 15) is 8.42 Å². The lowest BCUT2D eigenvalue weighted by molar-refractivity contribution is 0.593. The average molecular weight is 309 g/mol. The van der Waals surface area contributed by atoms with Crippen molar-refractivity contribution in [3.63, 3.8) is 0 Å². The van der Waals surface area contributed by atoms with E-state index in [0.29, 0.717) is 5.82 Å². The van der Waals surface area contributed by atoms with Crippen LogP contribution in [-0.4, -0.2) is 28.2 Å². The first-order chi connectivity index (χ1) is 9.48. The molecule has 0 saturated heterocycles. The van der Waals surface area contributed by atoms with E-state index in [1.54, 1.807) is 19.3 Å². The fourth-order valence-corrected chi connectivity index (χ4v) is 3.02. The van der Waals surface area contributed by atoms with Crippen LogP contribution >= 0.6 is 10.7 Å². The fraction of sp³-hybridized carbons (Fsp3) is 0.0833. The van der Waals surface area contributed by atoms with Gasteiger partial charge in [0.15, 0.2) is 5.82 Å². The molecule has 0 bridgehead atoms. The van der Waals surface area contributed by atoms with Gasteiger partial charge in [-0.3, -0.25) is 9.55 Å². The van der Waals surface area contributed by atoms with Crippen molar-refractivity contribution in [2.75, 3.05) is 0 Å². The second kappa shape index (κ2) is 4.53. The zero-order valence-electron chi connectivity index (χ0n) is 10.4. The van der Waals surface area contributed by atoms with Gasteiger partial charge in [0.1, 0.15) is 0 Å². The van der Waals surface area contributed by atoms with Crippen LogP contribution in [0.4, 0.5) is 0 Å². The van der Waals surface area contributed by atoms with E-state index in [-0.39, 0.29) is 5.16 Å². The van der Waals surface area contributed by atoms with Gasteiger partial charge in [-0.2, -0.15) is 0 Å². The summed E-state index contributed by atoms with van der Waals surface area (Å²) in [6.07, 6.45) is 1.69. The van der Waals surface area contributed by atoms with Crippen LogP contribution < -0.4 is 0 Å². The van der Waals surface area contributed by atoms with Crippen molar-refractivity contribution in [3.8, 4) is 11.4 Å². The van der Waals surface area contributed by atoms with Gasteiger partial charge in [0.2, 0.25) is 0 Å². The van der Waals surface area contributed by atoms with E-state index in [4.69, 9.17) is 10.7 Å². The number of nitrogens with zero attached hydrogens (tertiary/aromatic N) is 4. The molecule has 20 heavy (non-hydrogen) atoms. The topological polar surface area (TPSA) is 77.7 Å². The summed E-state index contributed by atoms with van der Waals surface area (Å²) in [6.45, 7) is 0. The fourth-order valence-electron chi connectivity index (χ4n) is 2.06. The molecule has 0 aliphatic carbocycles. The third-order valence-corrected chi connectivity index (χ3v) is 4.15. The zero-order valence-corrected chi connectivity index (χ0v) is 11.9. The standard InChI is InChI=1S/C12H9ClN4O2S/c1-17-11(15-16-12(17)20(13,18)19)9-4-2-6-10-8(9)5-3-7-14-10/h2-7H,1H3. The summed E-state index contributed by atoms with van der Waals surface area (Å²) in [5, 5.41) is 8.15. The van der Waals surface area contributed by atoms with Gasteiger partial charge in [-0.15, -0.1) is 10.2 Å². The molecule has 0 saturated carbocycles. The Labute approximate surface area is 119 Å². The molecule has 2 heterocycles. The van der Waals surface area contributed by atoms with Crippen LogP contribution in [0.15, 0.2) is 41.7 Å². The quantitative estimate of drug-likeness (QED) is 0.676. The zero-order chi connectivity index (χ0) is 14.3. The van der Waals surface area contributed by atoms with Crippen LogP contribution in [0.3, 0.4) is 0 Å². The van der Waals surface area contributed by atoms with E-state index in [1.165, 1.54) is 4.57 Å². The van der Waals surface area contributed by atoms with Crippen molar-refractivity contribution in [3.05, 3.63) is 36.5 Å². The minimum atomic E-state index is -3.93. The Kier molecular flexibility index (Phi) is 2.95. The Balaban J connectivity index is 2.30. The third-order valence-electron chi connectivity index (χ3n) is 2.94. The van der Waals surface area contributed by atoms with Gasteiger partial charge in [-0.05, 0) is 12.1 Å². The van der Waals surface area contributed by atoms with Crippen molar-refractivity contribution in [1.29, 1.82) is 0 Å². The largest absolute Gasteiger partial charge is 0.300 e. The van der Waals surface area contributed by atoms with Crippen LogP contribution in [0.5, 0.6) is 0 Å². The van der Waals surface area contributed by atoms with E-state index in [1.807, 2.05) is 24.3 Å². The summed E-state index contributed by atoms with van der Waals surface area (Å²) in [6, 6.07) is 9.23. The molecule has 0 radical (unpaired) electrons. The summed E-state index contributed by atoms with van der Waals surface area (Å²) in [5.41, 5.74) is 1.54. The molecular weight excluding hydrogens is 300 g/mol. The number of hydrogen-bond acceptors (Lipinski definition) is 5. The van der Waals surface area contributed by atoms with Crippen molar-refractivity contribution in [2.45, 2.75) is 5.16 Å². The monoisotopic (exact) mass is 308 g/mol. The Bertz CT molecular complexity index is 899. The van der Waals surface area contributed by atoms with Gasteiger partial charge < -0.3 is 0 Å². The van der Waals surface area contributed by atoms with E-state index >= 15 is 0 Å². The lowest BCUT2D eigenvalue weighted by Crippen LogP contribution is -2.03. The van der Waals surface area contributed by atoms with Crippen molar-refractivity contribution >= 4 is 30.6 Å². The summed E-state index contributed by atoms with van der Waals surface area (Å²) >= 11 is 0. The number of halogens is 1. The molecule has 0 atom stereocenters. The van der Waals surface area contributed by atoms with Crippen molar-refractivity contribution in [2.24, 2.45) is 7.05 Å². The molecule has 0 spiro atoms. The Morgan fingerprint density at radius 3 is 2.65 bits per heavy atom. The minimum Gasteiger partial charge on any atom is -0.300 e. The highest BCUT2D eigenvalue weighted by Crippen LogP contribution is 2.27. The van der Waals surface area contributed by atoms with E-state index in [0.717, 1.165) is 16.5 Å². The van der Waals surface area contributed by atoms with Gasteiger partial charge in [-0.1, -0.05) is 18.2 Å². The van der Waals surface area contributed by atoms with Gasteiger partial charge in [-0.25, -0.2) is 8.42 Å². The van der Waals surface area contributed by atoms with Gasteiger partial charge in [0.25, 0.3) is 14.2 Å². The number of rotatable bonds is 2. The van der Waals surface area contributed by atoms with Crippen molar-refractivity contribution < 1.29 is 8.42 Å². The van der Waals surface area contributed by atoms with Crippen LogP contribution in [0, 0.1) is 0 Å². The number of benzene rings is 1. The molecule has 3 aromatic rings. The molecule has 0 unspecified atom stereocenters. The van der Waals surface area contributed by atoms with E-state index in [2.05, 4.69) is 15.2 Å². The predicted octanol–water partition coefficient (Wildman–Crippen LogP) is 1.96. The smallest absolute Gasteiger partial charge is 0.296 e. The molecule has 2 aromatic heterocycles. The molecule has 0 N–H and O–H groups in total.